The lowest BCUT2D eigenvalue weighted by molar-refractivity contribution is 0.454. The topological polar surface area (TPSA) is 35.0 Å². The molecular weight excluding hydrogens is 260 g/mol. The summed E-state index contributed by atoms with van der Waals surface area (Å²) in [6, 6.07) is 7.63. The first-order valence-corrected chi connectivity index (χ1v) is 6.91. The number of ether oxygens (including phenoxy) is 1. The van der Waals surface area contributed by atoms with E-state index in [2.05, 4.69) is 16.9 Å². The highest BCUT2D eigenvalue weighted by atomic mass is 35.5. The van der Waals surface area contributed by atoms with Crippen molar-refractivity contribution in [1.82, 2.24) is 9.97 Å². The van der Waals surface area contributed by atoms with Gasteiger partial charge in [0.15, 0.2) is 5.75 Å². The predicted molar refractivity (Wildman–Crippen MR) is 76.8 cm³/mol. The summed E-state index contributed by atoms with van der Waals surface area (Å²) in [6.45, 7) is 4.04. The van der Waals surface area contributed by atoms with E-state index in [1.807, 2.05) is 31.2 Å². The molecule has 0 aromatic carbocycles. The van der Waals surface area contributed by atoms with E-state index in [4.69, 9.17) is 16.3 Å². The van der Waals surface area contributed by atoms with E-state index in [1.165, 1.54) is 0 Å². The number of nitrogens with zero attached hydrogens (tertiary/aromatic N) is 2. The van der Waals surface area contributed by atoms with Crippen molar-refractivity contribution < 1.29 is 4.74 Å². The molecule has 0 fully saturated rings. The molecule has 0 bridgehead atoms. The maximum absolute atomic E-state index is 5.91. The van der Waals surface area contributed by atoms with Gasteiger partial charge in [-0.2, -0.15) is 0 Å². The minimum Gasteiger partial charge on any atom is -0.437 e. The molecule has 2 heterocycles. The van der Waals surface area contributed by atoms with Gasteiger partial charge in [-0.25, -0.2) is 4.98 Å². The third-order valence-electron chi connectivity index (χ3n) is 2.75. The van der Waals surface area contributed by atoms with E-state index in [-0.39, 0.29) is 0 Å². The summed E-state index contributed by atoms with van der Waals surface area (Å²) in [4.78, 5) is 8.70. The summed E-state index contributed by atoms with van der Waals surface area (Å²) in [5, 5.41) is 0. The van der Waals surface area contributed by atoms with Crippen molar-refractivity contribution >= 4 is 11.6 Å². The van der Waals surface area contributed by atoms with Crippen molar-refractivity contribution in [2.75, 3.05) is 0 Å². The Kier molecular flexibility index (Phi) is 4.74. The molecule has 100 valence electrons. The standard InChI is InChI=1S/C15H17ClN2O/c1-3-5-13-8-12(10-16)9-15(18-13)19-14-6-4-7-17-11(14)2/h4,6-9H,3,5,10H2,1-2H3. The van der Waals surface area contributed by atoms with Crippen LogP contribution in [0.1, 0.15) is 30.3 Å². The second kappa shape index (κ2) is 6.53. The highest BCUT2D eigenvalue weighted by Gasteiger charge is 2.06. The van der Waals surface area contributed by atoms with E-state index in [1.54, 1.807) is 6.20 Å². The van der Waals surface area contributed by atoms with E-state index in [9.17, 15) is 0 Å². The van der Waals surface area contributed by atoms with Crippen LogP contribution in [0.4, 0.5) is 0 Å². The van der Waals surface area contributed by atoms with E-state index in [0.717, 1.165) is 35.5 Å². The Morgan fingerprint density at radius 1 is 1.32 bits per heavy atom. The molecule has 0 N–H and O–H groups in total. The number of alkyl halides is 1. The van der Waals surface area contributed by atoms with Gasteiger partial charge >= 0.3 is 0 Å². The quantitative estimate of drug-likeness (QED) is 0.765. The third-order valence-corrected chi connectivity index (χ3v) is 3.06. The SMILES string of the molecule is CCCc1cc(CCl)cc(Oc2cccnc2C)n1. The second-order valence-corrected chi connectivity index (χ2v) is 4.64. The van der Waals surface area contributed by atoms with Gasteiger partial charge in [0, 0.05) is 23.8 Å². The molecule has 2 rings (SSSR count). The maximum atomic E-state index is 5.91. The van der Waals surface area contributed by atoms with Gasteiger partial charge in [0.2, 0.25) is 5.88 Å². The summed E-state index contributed by atoms with van der Waals surface area (Å²) in [7, 11) is 0. The van der Waals surface area contributed by atoms with Crippen molar-refractivity contribution in [3.05, 3.63) is 47.4 Å². The van der Waals surface area contributed by atoms with Gasteiger partial charge in [-0.3, -0.25) is 4.98 Å². The van der Waals surface area contributed by atoms with Crippen LogP contribution in [0.3, 0.4) is 0 Å². The number of halogens is 1. The van der Waals surface area contributed by atoms with Crippen LogP contribution in [0.2, 0.25) is 0 Å². The van der Waals surface area contributed by atoms with Gasteiger partial charge in [0.05, 0.1) is 5.69 Å². The molecule has 0 atom stereocenters. The summed E-state index contributed by atoms with van der Waals surface area (Å²) < 4.78 is 5.81. The van der Waals surface area contributed by atoms with Crippen LogP contribution in [-0.4, -0.2) is 9.97 Å². The Bertz CT molecular complexity index is 558. The molecule has 4 heteroatoms. The summed E-state index contributed by atoms with van der Waals surface area (Å²) in [5.41, 5.74) is 2.88. The van der Waals surface area contributed by atoms with Gasteiger partial charge in [0.1, 0.15) is 0 Å². The van der Waals surface area contributed by atoms with Crippen LogP contribution in [0.25, 0.3) is 0 Å². The Hall–Kier alpha value is -1.61. The van der Waals surface area contributed by atoms with Crippen molar-refractivity contribution in [1.29, 1.82) is 0 Å². The highest BCUT2D eigenvalue weighted by molar-refractivity contribution is 6.17. The number of rotatable bonds is 5. The van der Waals surface area contributed by atoms with Gasteiger partial charge in [-0.15, -0.1) is 11.6 Å². The molecule has 0 radical (unpaired) electrons. The Labute approximate surface area is 118 Å². The number of hydrogen-bond acceptors (Lipinski definition) is 3. The van der Waals surface area contributed by atoms with Crippen LogP contribution in [0, 0.1) is 6.92 Å². The molecule has 3 nitrogen and oxygen atoms in total. The fraction of sp³-hybridized carbons (Fsp3) is 0.333. The number of pyridine rings is 2. The van der Waals surface area contributed by atoms with Crippen molar-refractivity contribution in [2.24, 2.45) is 0 Å². The summed E-state index contributed by atoms with van der Waals surface area (Å²) in [5.74, 6) is 1.77. The van der Waals surface area contributed by atoms with Crippen molar-refractivity contribution in [3.8, 4) is 11.6 Å². The molecule has 0 unspecified atom stereocenters. The lowest BCUT2D eigenvalue weighted by Crippen LogP contribution is -1.97. The van der Waals surface area contributed by atoms with Crippen LogP contribution >= 0.6 is 11.6 Å². The minimum absolute atomic E-state index is 0.460. The monoisotopic (exact) mass is 276 g/mol. The van der Waals surface area contributed by atoms with Gasteiger partial charge in [0.25, 0.3) is 0 Å². The van der Waals surface area contributed by atoms with Crippen LogP contribution in [0.5, 0.6) is 11.6 Å². The molecule has 0 aliphatic carbocycles. The van der Waals surface area contributed by atoms with E-state index >= 15 is 0 Å². The zero-order valence-electron chi connectivity index (χ0n) is 11.2. The average molecular weight is 277 g/mol. The van der Waals surface area contributed by atoms with E-state index in [0.29, 0.717) is 11.8 Å². The fourth-order valence-electron chi connectivity index (χ4n) is 1.82. The van der Waals surface area contributed by atoms with Crippen LogP contribution in [-0.2, 0) is 12.3 Å². The van der Waals surface area contributed by atoms with Crippen molar-refractivity contribution in [2.45, 2.75) is 32.6 Å². The molecule has 19 heavy (non-hydrogen) atoms. The lowest BCUT2D eigenvalue weighted by atomic mass is 10.2. The summed E-state index contributed by atoms with van der Waals surface area (Å²) in [6.07, 6.45) is 3.71. The largest absolute Gasteiger partial charge is 0.437 e. The molecule has 2 aromatic rings. The highest BCUT2D eigenvalue weighted by Crippen LogP contribution is 2.24. The molecule has 2 aromatic heterocycles. The summed E-state index contributed by atoms with van der Waals surface area (Å²) >= 11 is 5.91. The third kappa shape index (κ3) is 3.67. The number of aryl methyl sites for hydroxylation is 2. The minimum atomic E-state index is 0.460. The first kappa shape index (κ1) is 13.8. The Morgan fingerprint density at radius 2 is 2.16 bits per heavy atom. The average Bonchev–Trinajstić information content (AvgIpc) is 2.41. The van der Waals surface area contributed by atoms with Crippen LogP contribution < -0.4 is 4.74 Å². The number of aromatic nitrogens is 2. The molecule has 0 aliphatic heterocycles. The molecule has 0 saturated heterocycles. The normalized spacial score (nSPS) is 10.5. The Morgan fingerprint density at radius 3 is 2.84 bits per heavy atom. The second-order valence-electron chi connectivity index (χ2n) is 4.38. The van der Waals surface area contributed by atoms with Gasteiger partial charge in [-0.05, 0) is 37.1 Å². The predicted octanol–water partition coefficient (Wildman–Crippen LogP) is 4.27. The first-order valence-electron chi connectivity index (χ1n) is 6.38. The zero-order chi connectivity index (χ0) is 13.7. The van der Waals surface area contributed by atoms with E-state index < -0.39 is 0 Å². The maximum Gasteiger partial charge on any atom is 0.219 e. The fourth-order valence-corrected chi connectivity index (χ4v) is 1.98. The smallest absolute Gasteiger partial charge is 0.219 e. The molecule has 0 aliphatic rings. The molecule has 0 saturated carbocycles. The Balaban J connectivity index is 2.29. The zero-order valence-corrected chi connectivity index (χ0v) is 11.9. The molecular formula is C15H17ClN2O. The van der Waals surface area contributed by atoms with Gasteiger partial charge in [-0.1, -0.05) is 13.3 Å². The number of hydrogen-bond donors (Lipinski definition) is 0. The molecule has 0 amide bonds. The molecule has 0 spiro atoms. The van der Waals surface area contributed by atoms with Crippen molar-refractivity contribution in [3.63, 3.8) is 0 Å². The van der Waals surface area contributed by atoms with Gasteiger partial charge < -0.3 is 4.74 Å². The van der Waals surface area contributed by atoms with Crippen LogP contribution in [0.15, 0.2) is 30.5 Å². The lowest BCUT2D eigenvalue weighted by Gasteiger charge is -2.09. The first-order chi connectivity index (χ1) is 9.22.